The molecule has 262 valence electrons. The summed E-state index contributed by atoms with van der Waals surface area (Å²) < 4.78 is 12.6. The number of fused-ring (bicyclic) bond motifs is 5. The van der Waals surface area contributed by atoms with Gasteiger partial charge in [0.15, 0.2) is 23.1 Å². The lowest BCUT2D eigenvalue weighted by molar-refractivity contribution is 0.616. The first kappa shape index (κ1) is 31.7. The average molecular weight is 721 g/mol. The summed E-state index contributed by atoms with van der Waals surface area (Å²) in [5.74, 6) is 2.31. The minimum Gasteiger partial charge on any atom is -0.456 e. The first-order chi connectivity index (χ1) is 27.7. The minimum atomic E-state index is 0.419. The van der Waals surface area contributed by atoms with Crippen LogP contribution in [0.15, 0.2) is 179 Å². The van der Waals surface area contributed by atoms with E-state index in [2.05, 4.69) is 81.7 Å². The summed E-state index contributed by atoms with van der Waals surface area (Å²) in [6.07, 6.45) is 4.89. The molecule has 0 aliphatic rings. The summed E-state index contributed by atoms with van der Waals surface area (Å²) in [6.45, 7) is 0. The Kier molecular flexibility index (Phi) is 7.31. The third-order valence-corrected chi connectivity index (χ3v) is 10.2. The van der Waals surface area contributed by atoms with E-state index in [0.717, 1.165) is 71.7 Å². The monoisotopic (exact) mass is 720 g/mol. The normalized spacial score (nSPS) is 11.6. The van der Waals surface area contributed by atoms with Gasteiger partial charge in [-0.05, 0) is 45.2 Å². The number of benzene rings is 7. The van der Waals surface area contributed by atoms with Gasteiger partial charge in [-0.1, -0.05) is 133 Å². The average Bonchev–Trinajstić information content (AvgIpc) is 3.87. The highest BCUT2D eigenvalue weighted by molar-refractivity contribution is 6.18. The molecule has 11 aromatic rings. The van der Waals surface area contributed by atoms with Gasteiger partial charge in [0.25, 0.3) is 0 Å². The summed E-state index contributed by atoms with van der Waals surface area (Å²) in [4.78, 5) is 27.9. The van der Waals surface area contributed by atoms with Gasteiger partial charge in [0.05, 0.1) is 6.20 Å². The Labute approximate surface area is 319 Å². The van der Waals surface area contributed by atoms with Crippen LogP contribution in [0.4, 0.5) is 0 Å². The number of aromatic nitrogens is 6. The van der Waals surface area contributed by atoms with Gasteiger partial charge in [0.1, 0.15) is 22.4 Å². The molecule has 0 aliphatic carbocycles. The van der Waals surface area contributed by atoms with Gasteiger partial charge in [-0.3, -0.25) is 4.98 Å². The van der Waals surface area contributed by atoms with Crippen LogP contribution in [0.2, 0.25) is 0 Å². The molecule has 8 nitrogen and oxygen atoms in total. The number of hydrogen-bond donors (Lipinski definition) is 0. The van der Waals surface area contributed by atoms with E-state index in [9.17, 15) is 0 Å². The fraction of sp³-hybridized carbons (Fsp3) is 0. The largest absolute Gasteiger partial charge is 0.456 e. The van der Waals surface area contributed by atoms with E-state index in [4.69, 9.17) is 23.8 Å². The third kappa shape index (κ3) is 5.39. The molecule has 4 heterocycles. The molecule has 8 heteroatoms. The molecule has 0 unspecified atom stereocenters. The molecule has 0 atom stereocenters. The Bertz CT molecular complexity index is 3180. The SMILES string of the molecule is c1ccc(-c2nc(-c3ccccc3)nc(-c3ccc(-c4ccc(-c5cccc6oc7cc8nc(-c9cnccn9)oc8cc7c56)c5ccccc45)cc3)n2)cc1. The maximum atomic E-state index is 6.43. The Morgan fingerprint density at radius 3 is 1.70 bits per heavy atom. The Morgan fingerprint density at radius 1 is 0.393 bits per heavy atom. The molecule has 0 saturated heterocycles. The fourth-order valence-electron chi connectivity index (χ4n) is 7.51. The molecule has 0 amide bonds. The van der Waals surface area contributed by atoms with Crippen molar-refractivity contribution in [3.8, 4) is 68.0 Å². The maximum Gasteiger partial charge on any atom is 0.247 e. The Balaban J connectivity index is 1.00. The van der Waals surface area contributed by atoms with Gasteiger partial charge in [0.2, 0.25) is 5.89 Å². The molecule has 0 bridgehead atoms. The van der Waals surface area contributed by atoms with Crippen LogP contribution in [-0.2, 0) is 0 Å². The van der Waals surface area contributed by atoms with E-state index in [-0.39, 0.29) is 0 Å². The second kappa shape index (κ2) is 12.9. The predicted octanol–water partition coefficient (Wildman–Crippen LogP) is 11.9. The lowest BCUT2D eigenvalue weighted by Crippen LogP contribution is -2.00. The second-order valence-corrected chi connectivity index (χ2v) is 13.5. The fourth-order valence-corrected chi connectivity index (χ4v) is 7.51. The topological polar surface area (TPSA) is 104 Å². The molecule has 0 spiro atoms. The van der Waals surface area contributed by atoms with E-state index < -0.39 is 0 Å². The van der Waals surface area contributed by atoms with Crippen molar-refractivity contribution in [2.45, 2.75) is 0 Å². The van der Waals surface area contributed by atoms with Crippen LogP contribution in [0.25, 0.3) is 112 Å². The van der Waals surface area contributed by atoms with Crippen LogP contribution in [0.3, 0.4) is 0 Å². The van der Waals surface area contributed by atoms with Crippen molar-refractivity contribution >= 4 is 43.8 Å². The summed E-state index contributed by atoms with van der Waals surface area (Å²) in [5, 5.41) is 4.26. The van der Waals surface area contributed by atoms with Crippen LogP contribution >= 0.6 is 0 Å². The predicted molar refractivity (Wildman–Crippen MR) is 220 cm³/mol. The third-order valence-electron chi connectivity index (χ3n) is 10.2. The second-order valence-electron chi connectivity index (χ2n) is 13.5. The number of nitrogens with zero attached hydrogens (tertiary/aromatic N) is 6. The van der Waals surface area contributed by atoms with Crippen molar-refractivity contribution in [2.75, 3.05) is 0 Å². The highest BCUT2D eigenvalue weighted by Gasteiger charge is 2.19. The lowest BCUT2D eigenvalue weighted by atomic mass is 9.90. The maximum absolute atomic E-state index is 6.43. The van der Waals surface area contributed by atoms with E-state index in [1.54, 1.807) is 18.6 Å². The van der Waals surface area contributed by atoms with Gasteiger partial charge >= 0.3 is 0 Å². The van der Waals surface area contributed by atoms with Crippen LogP contribution in [0.1, 0.15) is 0 Å². The van der Waals surface area contributed by atoms with Gasteiger partial charge in [0, 0.05) is 45.9 Å². The van der Waals surface area contributed by atoms with Crippen LogP contribution in [0.5, 0.6) is 0 Å². The Morgan fingerprint density at radius 2 is 1.02 bits per heavy atom. The summed E-state index contributed by atoms with van der Waals surface area (Å²) in [7, 11) is 0. The van der Waals surface area contributed by atoms with Gasteiger partial charge in [-0.15, -0.1) is 0 Å². The van der Waals surface area contributed by atoms with Crippen LogP contribution in [0, 0.1) is 0 Å². The Hall–Kier alpha value is -7.84. The number of oxazole rings is 1. The summed E-state index contributed by atoms with van der Waals surface area (Å²) in [5.41, 5.74) is 10.7. The highest BCUT2D eigenvalue weighted by atomic mass is 16.4. The van der Waals surface area contributed by atoms with Crippen LogP contribution < -0.4 is 0 Å². The lowest BCUT2D eigenvalue weighted by Gasteiger charge is -2.13. The van der Waals surface area contributed by atoms with E-state index in [1.165, 1.54) is 0 Å². The van der Waals surface area contributed by atoms with Crippen molar-refractivity contribution in [3.63, 3.8) is 0 Å². The van der Waals surface area contributed by atoms with Crippen molar-refractivity contribution < 1.29 is 8.83 Å². The molecule has 56 heavy (non-hydrogen) atoms. The smallest absolute Gasteiger partial charge is 0.247 e. The molecule has 0 radical (unpaired) electrons. The zero-order valence-corrected chi connectivity index (χ0v) is 29.7. The van der Waals surface area contributed by atoms with Crippen LogP contribution in [-0.4, -0.2) is 29.9 Å². The molecule has 0 saturated carbocycles. The molecular weight excluding hydrogens is 693 g/mol. The zero-order valence-electron chi connectivity index (χ0n) is 29.7. The molecule has 0 aliphatic heterocycles. The van der Waals surface area contributed by atoms with Crippen molar-refractivity contribution in [1.82, 2.24) is 29.9 Å². The van der Waals surface area contributed by atoms with E-state index in [0.29, 0.717) is 40.2 Å². The standard InChI is InChI=1S/C48H28N6O2/c1-3-10-30(11-4-1)45-52-46(31-12-5-2-6-13-31)54-47(53-45)32-20-18-29(19-21-32)33-22-23-36(35-15-8-7-14-34(33)35)37-16-9-17-41-44(37)38-26-43-39(27-42(38)55-41)51-48(56-43)40-28-49-24-25-50-40/h1-28H. The first-order valence-corrected chi connectivity index (χ1v) is 18.3. The number of furan rings is 1. The molecule has 11 rings (SSSR count). The summed E-state index contributed by atoms with van der Waals surface area (Å²) in [6, 6.07) is 51.7. The van der Waals surface area contributed by atoms with Crippen molar-refractivity contribution in [3.05, 3.63) is 170 Å². The molecular formula is C48H28N6O2. The molecule has 4 aromatic heterocycles. The molecule has 7 aromatic carbocycles. The molecule has 0 fully saturated rings. The number of rotatable bonds is 6. The van der Waals surface area contributed by atoms with Crippen molar-refractivity contribution in [2.24, 2.45) is 0 Å². The highest BCUT2D eigenvalue weighted by Crippen LogP contribution is 2.43. The van der Waals surface area contributed by atoms with Gasteiger partial charge < -0.3 is 8.83 Å². The summed E-state index contributed by atoms with van der Waals surface area (Å²) >= 11 is 0. The molecule has 0 N–H and O–H groups in total. The first-order valence-electron chi connectivity index (χ1n) is 18.3. The number of hydrogen-bond acceptors (Lipinski definition) is 8. The quantitative estimate of drug-likeness (QED) is 0.167. The van der Waals surface area contributed by atoms with Gasteiger partial charge in [-0.25, -0.2) is 24.9 Å². The zero-order chi connectivity index (χ0) is 37.0. The van der Waals surface area contributed by atoms with Crippen molar-refractivity contribution in [1.29, 1.82) is 0 Å². The van der Waals surface area contributed by atoms with Gasteiger partial charge in [-0.2, -0.15) is 0 Å². The minimum absolute atomic E-state index is 0.419. The van der Waals surface area contributed by atoms with E-state index in [1.807, 2.05) is 84.9 Å². The van der Waals surface area contributed by atoms with E-state index >= 15 is 0 Å².